The molecule has 0 aliphatic rings. The molecule has 0 aliphatic heterocycles. The van der Waals surface area contributed by atoms with Gasteiger partial charge in [0.25, 0.3) is 0 Å². The summed E-state index contributed by atoms with van der Waals surface area (Å²) in [7, 11) is -4.20. The Morgan fingerprint density at radius 3 is 2.33 bits per heavy atom. The number of hydrogen-bond donors (Lipinski definition) is 1. The number of hydrogen-bond acceptors (Lipinski definition) is 5. The Balaban J connectivity index is 3.95. The van der Waals surface area contributed by atoms with Crippen LogP contribution in [0, 0.1) is 0 Å². The van der Waals surface area contributed by atoms with Crippen molar-refractivity contribution in [1.82, 2.24) is 4.90 Å². The van der Waals surface area contributed by atoms with E-state index in [1.807, 2.05) is 6.92 Å². The Bertz CT molecular complexity index is 196. The molecule has 0 bridgehead atoms. The van der Waals surface area contributed by atoms with E-state index in [4.69, 9.17) is 5.11 Å². The molecule has 0 aromatic carbocycles. The van der Waals surface area contributed by atoms with Crippen LogP contribution in [0.5, 0.6) is 0 Å². The van der Waals surface area contributed by atoms with Crippen molar-refractivity contribution < 1.29 is 18.1 Å². The third-order valence-electron chi connectivity index (χ3n) is 1.30. The predicted octanol–water partition coefficient (Wildman–Crippen LogP) is -0.807. The van der Waals surface area contributed by atoms with Crippen LogP contribution in [0.15, 0.2) is 0 Å². The molecule has 0 aromatic rings. The van der Waals surface area contributed by atoms with E-state index in [9.17, 15) is 13.0 Å². The highest BCUT2D eigenvalue weighted by Crippen LogP contribution is 1.94. The van der Waals surface area contributed by atoms with Crippen LogP contribution in [0.3, 0.4) is 0 Å². The lowest BCUT2D eigenvalue weighted by Gasteiger charge is -2.21. The molecule has 12 heavy (non-hydrogen) atoms. The molecule has 0 radical (unpaired) electrons. The summed E-state index contributed by atoms with van der Waals surface area (Å²) in [5, 5.41) is 8.52. The maximum atomic E-state index is 10.3. The fourth-order valence-corrected chi connectivity index (χ4v) is 1.63. The second-order valence-corrected chi connectivity index (χ2v) is 3.90. The normalized spacial score (nSPS) is 12.3. The van der Waals surface area contributed by atoms with Crippen LogP contribution in [-0.2, 0) is 10.1 Å². The Kier molecular flexibility index (Phi) is 5.39. The molecule has 0 fully saturated rings. The van der Waals surface area contributed by atoms with E-state index in [0.717, 1.165) is 6.42 Å². The van der Waals surface area contributed by atoms with Crippen LogP contribution < -0.4 is 0 Å². The van der Waals surface area contributed by atoms with Gasteiger partial charge in [0.05, 0.1) is 12.5 Å². The smallest absolute Gasteiger partial charge is 0.108 e. The van der Waals surface area contributed by atoms with Crippen LogP contribution >= 0.6 is 0 Å². The van der Waals surface area contributed by atoms with Crippen molar-refractivity contribution in [3.8, 4) is 0 Å². The summed E-state index contributed by atoms with van der Waals surface area (Å²) in [5.74, 6) is -0.513. The highest BCUT2D eigenvalue weighted by atomic mass is 32.2. The molecule has 5 nitrogen and oxygen atoms in total. The van der Waals surface area contributed by atoms with Crippen LogP contribution in [0.1, 0.15) is 13.3 Å². The van der Waals surface area contributed by atoms with Crippen molar-refractivity contribution in [2.24, 2.45) is 0 Å². The molecule has 74 valence electrons. The number of nitrogens with zero attached hydrogens (tertiary/aromatic N) is 1. The third kappa shape index (κ3) is 6.53. The number of aliphatic hydroxyl groups is 1. The van der Waals surface area contributed by atoms with E-state index in [2.05, 4.69) is 0 Å². The maximum absolute atomic E-state index is 10.3. The first-order valence-electron chi connectivity index (χ1n) is 3.76. The second-order valence-electron chi connectivity index (χ2n) is 2.53. The molecule has 0 spiro atoms. The first-order chi connectivity index (χ1) is 5.49. The van der Waals surface area contributed by atoms with Gasteiger partial charge in [0, 0.05) is 6.54 Å². The van der Waals surface area contributed by atoms with Crippen molar-refractivity contribution >= 4 is 10.1 Å². The molecule has 0 aromatic heterocycles. The molecule has 0 unspecified atom stereocenters. The number of rotatable bonds is 6. The molecular formula is C6H14NO4S-. The monoisotopic (exact) mass is 196 g/mol. The Morgan fingerprint density at radius 2 is 2.00 bits per heavy atom. The standard InChI is InChI=1S/C6H15NO4S/c1-2-3-7(4-5-8)6-12(9,10)11/h8H,2-6H2,1H3,(H,9,10,11)/p-1. The molecule has 1 N–H and O–H groups in total. The van der Waals surface area contributed by atoms with Crippen molar-refractivity contribution in [2.45, 2.75) is 13.3 Å². The van der Waals surface area contributed by atoms with Crippen molar-refractivity contribution in [2.75, 3.05) is 25.6 Å². The SMILES string of the molecule is CCCN(CCO)CS(=O)(=O)[O-]. The van der Waals surface area contributed by atoms with Gasteiger partial charge in [-0.25, -0.2) is 8.42 Å². The Hall–Kier alpha value is -0.170. The van der Waals surface area contributed by atoms with E-state index >= 15 is 0 Å². The summed E-state index contributed by atoms with van der Waals surface area (Å²) in [6.45, 7) is 2.49. The molecule has 0 atom stereocenters. The van der Waals surface area contributed by atoms with Crippen LogP contribution in [-0.4, -0.2) is 48.6 Å². The molecule has 0 saturated heterocycles. The predicted molar refractivity (Wildman–Crippen MR) is 43.5 cm³/mol. The minimum absolute atomic E-state index is 0.129. The van der Waals surface area contributed by atoms with E-state index < -0.39 is 16.0 Å². The summed E-state index contributed by atoms with van der Waals surface area (Å²) in [6.07, 6.45) is 0.759. The molecule has 0 saturated carbocycles. The lowest BCUT2D eigenvalue weighted by molar-refractivity contribution is 0.211. The molecule has 0 heterocycles. The van der Waals surface area contributed by atoms with Gasteiger partial charge in [-0.2, -0.15) is 0 Å². The highest BCUT2D eigenvalue weighted by molar-refractivity contribution is 7.85. The van der Waals surface area contributed by atoms with Crippen LogP contribution in [0.2, 0.25) is 0 Å². The van der Waals surface area contributed by atoms with Gasteiger partial charge in [-0.1, -0.05) is 6.92 Å². The molecular weight excluding hydrogens is 182 g/mol. The minimum atomic E-state index is -4.20. The van der Waals surface area contributed by atoms with E-state index in [1.165, 1.54) is 4.90 Å². The summed E-state index contributed by atoms with van der Waals surface area (Å²) in [6, 6.07) is 0. The minimum Gasteiger partial charge on any atom is -0.747 e. The molecule has 0 amide bonds. The van der Waals surface area contributed by atoms with Gasteiger partial charge in [0.2, 0.25) is 0 Å². The molecule has 0 aliphatic carbocycles. The van der Waals surface area contributed by atoms with Gasteiger partial charge in [0.1, 0.15) is 10.1 Å². The quantitative estimate of drug-likeness (QED) is 0.562. The fraction of sp³-hybridized carbons (Fsp3) is 1.00. The second kappa shape index (κ2) is 5.47. The van der Waals surface area contributed by atoms with Crippen LogP contribution in [0.25, 0.3) is 0 Å². The van der Waals surface area contributed by atoms with Gasteiger partial charge < -0.3 is 9.66 Å². The lowest BCUT2D eigenvalue weighted by atomic mass is 10.4. The highest BCUT2D eigenvalue weighted by Gasteiger charge is 2.05. The molecule has 0 rings (SSSR count). The van der Waals surface area contributed by atoms with Gasteiger partial charge in [0.15, 0.2) is 0 Å². The van der Waals surface area contributed by atoms with E-state index in [0.29, 0.717) is 6.54 Å². The zero-order valence-corrected chi connectivity index (χ0v) is 7.88. The van der Waals surface area contributed by atoms with Gasteiger partial charge in [-0.05, 0) is 13.0 Å². The van der Waals surface area contributed by atoms with Crippen molar-refractivity contribution in [1.29, 1.82) is 0 Å². The summed E-state index contributed by atoms with van der Waals surface area (Å²) >= 11 is 0. The lowest BCUT2D eigenvalue weighted by Crippen LogP contribution is -2.32. The van der Waals surface area contributed by atoms with E-state index in [-0.39, 0.29) is 13.2 Å². The first-order valence-corrected chi connectivity index (χ1v) is 5.34. The third-order valence-corrected chi connectivity index (χ3v) is 1.98. The van der Waals surface area contributed by atoms with Gasteiger partial charge >= 0.3 is 0 Å². The number of aliphatic hydroxyl groups excluding tert-OH is 1. The maximum Gasteiger partial charge on any atom is 0.108 e. The summed E-state index contributed by atoms with van der Waals surface area (Å²) < 4.78 is 30.9. The summed E-state index contributed by atoms with van der Waals surface area (Å²) in [5.41, 5.74) is 0. The zero-order chi connectivity index (χ0) is 9.61. The summed E-state index contributed by atoms with van der Waals surface area (Å²) in [4.78, 5) is 1.42. The zero-order valence-electron chi connectivity index (χ0n) is 7.06. The average Bonchev–Trinajstić information content (AvgIpc) is 1.84. The van der Waals surface area contributed by atoms with E-state index in [1.54, 1.807) is 0 Å². The Labute approximate surface area is 72.7 Å². The topological polar surface area (TPSA) is 80.7 Å². The van der Waals surface area contributed by atoms with Crippen LogP contribution in [0.4, 0.5) is 0 Å². The van der Waals surface area contributed by atoms with Gasteiger partial charge in [-0.15, -0.1) is 0 Å². The fourth-order valence-electron chi connectivity index (χ4n) is 0.922. The molecule has 6 heteroatoms. The largest absolute Gasteiger partial charge is 0.747 e. The van der Waals surface area contributed by atoms with Crippen molar-refractivity contribution in [3.63, 3.8) is 0 Å². The Morgan fingerprint density at radius 1 is 1.42 bits per heavy atom. The van der Waals surface area contributed by atoms with Gasteiger partial charge in [-0.3, -0.25) is 4.90 Å². The van der Waals surface area contributed by atoms with Crippen molar-refractivity contribution in [3.05, 3.63) is 0 Å². The average molecular weight is 196 g/mol. The first kappa shape index (κ1) is 11.8.